The number of aliphatic hydroxyl groups is 1. The number of hydrogen-bond donors (Lipinski definition) is 1. The minimum atomic E-state index is -0.440. The second-order valence-corrected chi connectivity index (χ2v) is 4.79. The molecular formula is C16H21NO2. The fraction of sp³-hybridized carbons (Fsp3) is 0.500. The van der Waals surface area contributed by atoms with Crippen LogP contribution >= 0.6 is 0 Å². The average Bonchev–Trinajstić information content (AvgIpc) is 2.47. The Balaban J connectivity index is 1.96. The van der Waals surface area contributed by atoms with E-state index < -0.39 is 6.10 Å². The minimum absolute atomic E-state index is 0.241. The summed E-state index contributed by atoms with van der Waals surface area (Å²) in [4.78, 5) is 2.30. The molecule has 0 aliphatic carbocycles. The van der Waals surface area contributed by atoms with Crippen molar-refractivity contribution in [2.75, 3.05) is 26.3 Å². The van der Waals surface area contributed by atoms with Gasteiger partial charge in [-0.25, -0.2) is 0 Å². The minimum Gasteiger partial charge on any atom is -0.388 e. The lowest BCUT2D eigenvalue weighted by atomic mass is 10.0. The van der Waals surface area contributed by atoms with Gasteiger partial charge in [0.2, 0.25) is 0 Å². The average molecular weight is 259 g/mol. The predicted octanol–water partition coefficient (Wildman–Crippen LogP) is 1.83. The van der Waals surface area contributed by atoms with Gasteiger partial charge in [0, 0.05) is 12.6 Å². The van der Waals surface area contributed by atoms with Crippen LogP contribution in [-0.4, -0.2) is 42.4 Å². The Hall–Kier alpha value is -1.34. The molecule has 0 amide bonds. The Bertz CT molecular complexity index is 435. The molecule has 3 heteroatoms. The maximum atomic E-state index is 10.3. The van der Waals surface area contributed by atoms with E-state index in [1.165, 1.54) is 0 Å². The van der Waals surface area contributed by atoms with Crippen molar-refractivity contribution >= 4 is 0 Å². The maximum absolute atomic E-state index is 10.3. The van der Waals surface area contributed by atoms with Crippen LogP contribution in [0, 0.1) is 11.8 Å². The Morgan fingerprint density at radius 1 is 1.42 bits per heavy atom. The van der Waals surface area contributed by atoms with Gasteiger partial charge in [-0.15, -0.1) is 5.92 Å². The Morgan fingerprint density at radius 2 is 2.21 bits per heavy atom. The third-order valence-electron chi connectivity index (χ3n) is 3.49. The van der Waals surface area contributed by atoms with Crippen LogP contribution in [-0.2, 0) is 4.74 Å². The standard InChI is InChI=1S/C16H21NO2/c1-2-3-9-17-10-11-19-13-15(17)12-16(18)14-7-5-4-6-8-14/h4-8,15-16,18H,9-13H2,1H3. The van der Waals surface area contributed by atoms with Crippen LogP contribution in [0.25, 0.3) is 0 Å². The Morgan fingerprint density at radius 3 is 2.95 bits per heavy atom. The summed E-state index contributed by atoms with van der Waals surface area (Å²) in [5, 5.41) is 10.3. The number of nitrogens with zero attached hydrogens (tertiary/aromatic N) is 1. The molecule has 1 aliphatic rings. The van der Waals surface area contributed by atoms with Crippen LogP contribution in [0.4, 0.5) is 0 Å². The molecule has 1 heterocycles. The molecule has 1 aliphatic heterocycles. The summed E-state index contributed by atoms with van der Waals surface area (Å²) in [5.41, 5.74) is 0.967. The number of aliphatic hydroxyl groups excluding tert-OH is 1. The zero-order valence-electron chi connectivity index (χ0n) is 11.4. The normalized spacial score (nSPS) is 21.5. The summed E-state index contributed by atoms with van der Waals surface area (Å²) in [6.07, 6.45) is 0.250. The highest BCUT2D eigenvalue weighted by molar-refractivity contribution is 5.17. The molecule has 0 spiro atoms. The summed E-state index contributed by atoms with van der Waals surface area (Å²) in [6, 6.07) is 10.0. The quantitative estimate of drug-likeness (QED) is 0.837. The number of rotatable bonds is 4. The van der Waals surface area contributed by atoms with Gasteiger partial charge >= 0.3 is 0 Å². The molecular weight excluding hydrogens is 238 g/mol. The van der Waals surface area contributed by atoms with E-state index >= 15 is 0 Å². The van der Waals surface area contributed by atoms with Crippen LogP contribution in [0.15, 0.2) is 30.3 Å². The first kappa shape index (κ1) is 14.1. The fourth-order valence-electron chi connectivity index (χ4n) is 2.36. The topological polar surface area (TPSA) is 32.7 Å². The van der Waals surface area contributed by atoms with E-state index in [4.69, 9.17) is 4.74 Å². The molecule has 0 bridgehead atoms. The van der Waals surface area contributed by atoms with Crippen molar-refractivity contribution in [1.29, 1.82) is 0 Å². The lowest BCUT2D eigenvalue weighted by molar-refractivity contribution is -0.0200. The third kappa shape index (κ3) is 4.07. The van der Waals surface area contributed by atoms with E-state index in [1.807, 2.05) is 37.3 Å². The van der Waals surface area contributed by atoms with Gasteiger partial charge in [0.15, 0.2) is 0 Å². The van der Waals surface area contributed by atoms with Crippen LogP contribution < -0.4 is 0 Å². The molecule has 19 heavy (non-hydrogen) atoms. The molecule has 0 aromatic heterocycles. The van der Waals surface area contributed by atoms with Crippen molar-refractivity contribution in [2.45, 2.75) is 25.5 Å². The van der Waals surface area contributed by atoms with Crippen molar-refractivity contribution in [2.24, 2.45) is 0 Å². The first-order valence-electron chi connectivity index (χ1n) is 6.75. The predicted molar refractivity (Wildman–Crippen MR) is 75.6 cm³/mol. The zero-order chi connectivity index (χ0) is 13.5. The van der Waals surface area contributed by atoms with Crippen molar-refractivity contribution in [3.63, 3.8) is 0 Å². The molecule has 1 N–H and O–H groups in total. The number of hydrogen-bond acceptors (Lipinski definition) is 3. The highest BCUT2D eigenvalue weighted by Crippen LogP contribution is 2.22. The van der Waals surface area contributed by atoms with E-state index in [1.54, 1.807) is 0 Å². The van der Waals surface area contributed by atoms with Crippen LogP contribution in [0.2, 0.25) is 0 Å². The van der Waals surface area contributed by atoms with Gasteiger partial charge < -0.3 is 9.84 Å². The molecule has 2 unspecified atom stereocenters. The van der Waals surface area contributed by atoms with Gasteiger partial charge in [-0.2, -0.15) is 0 Å². The van der Waals surface area contributed by atoms with E-state index in [9.17, 15) is 5.11 Å². The highest BCUT2D eigenvalue weighted by Gasteiger charge is 2.25. The lowest BCUT2D eigenvalue weighted by Crippen LogP contribution is -2.46. The number of benzene rings is 1. The van der Waals surface area contributed by atoms with Gasteiger partial charge in [0.25, 0.3) is 0 Å². The molecule has 1 aromatic rings. The van der Waals surface area contributed by atoms with Crippen LogP contribution in [0.3, 0.4) is 0 Å². The largest absolute Gasteiger partial charge is 0.388 e. The Labute approximate surface area is 115 Å². The summed E-state index contributed by atoms with van der Waals surface area (Å²) in [7, 11) is 0. The molecule has 1 saturated heterocycles. The van der Waals surface area contributed by atoms with Crippen molar-refractivity contribution < 1.29 is 9.84 Å². The second-order valence-electron chi connectivity index (χ2n) is 4.79. The fourth-order valence-corrected chi connectivity index (χ4v) is 2.36. The van der Waals surface area contributed by atoms with Gasteiger partial charge in [0.05, 0.1) is 25.9 Å². The van der Waals surface area contributed by atoms with Crippen molar-refractivity contribution in [3.8, 4) is 11.8 Å². The lowest BCUT2D eigenvalue weighted by Gasteiger charge is -2.35. The SMILES string of the molecule is CC#CCN1CCOCC1CC(O)c1ccccc1. The van der Waals surface area contributed by atoms with E-state index in [0.717, 1.165) is 25.3 Å². The first-order valence-corrected chi connectivity index (χ1v) is 6.75. The summed E-state index contributed by atoms with van der Waals surface area (Å²) >= 11 is 0. The van der Waals surface area contributed by atoms with Crippen molar-refractivity contribution in [3.05, 3.63) is 35.9 Å². The Kier molecular flexibility index (Phi) is 5.41. The van der Waals surface area contributed by atoms with Gasteiger partial charge in [-0.3, -0.25) is 4.90 Å². The summed E-state index contributed by atoms with van der Waals surface area (Å²) in [6.45, 7) is 4.93. The molecule has 1 aromatic carbocycles. The molecule has 2 rings (SSSR count). The summed E-state index contributed by atoms with van der Waals surface area (Å²) < 4.78 is 5.53. The smallest absolute Gasteiger partial charge is 0.0805 e. The third-order valence-corrected chi connectivity index (χ3v) is 3.49. The maximum Gasteiger partial charge on any atom is 0.0805 e. The van der Waals surface area contributed by atoms with Gasteiger partial charge in [-0.1, -0.05) is 36.3 Å². The number of morpholine rings is 1. The second kappa shape index (κ2) is 7.30. The molecule has 2 atom stereocenters. The first-order chi connectivity index (χ1) is 9.31. The number of ether oxygens (including phenoxy) is 1. The zero-order valence-corrected chi connectivity index (χ0v) is 11.4. The summed E-state index contributed by atoms with van der Waals surface area (Å²) in [5.74, 6) is 6.03. The monoisotopic (exact) mass is 259 g/mol. The molecule has 0 saturated carbocycles. The van der Waals surface area contributed by atoms with Crippen LogP contribution in [0.5, 0.6) is 0 Å². The molecule has 3 nitrogen and oxygen atoms in total. The highest BCUT2D eigenvalue weighted by atomic mass is 16.5. The van der Waals surface area contributed by atoms with E-state index in [-0.39, 0.29) is 6.04 Å². The molecule has 0 radical (unpaired) electrons. The van der Waals surface area contributed by atoms with Crippen LogP contribution in [0.1, 0.15) is 25.0 Å². The van der Waals surface area contributed by atoms with Gasteiger partial charge in [0.1, 0.15) is 0 Å². The molecule has 102 valence electrons. The van der Waals surface area contributed by atoms with E-state index in [2.05, 4.69) is 16.7 Å². The van der Waals surface area contributed by atoms with E-state index in [0.29, 0.717) is 13.0 Å². The molecule has 1 fully saturated rings. The van der Waals surface area contributed by atoms with Crippen molar-refractivity contribution in [1.82, 2.24) is 4.90 Å². The van der Waals surface area contributed by atoms with Gasteiger partial charge in [-0.05, 0) is 18.9 Å².